The van der Waals surface area contributed by atoms with Gasteiger partial charge < -0.3 is 10.1 Å². The van der Waals surface area contributed by atoms with E-state index in [1.807, 2.05) is 31.2 Å². The zero-order valence-electron chi connectivity index (χ0n) is 24.0. The molecule has 1 amide bonds. The summed E-state index contributed by atoms with van der Waals surface area (Å²) in [5, 5.41) is 3.78. The highest BCUT2D eigenvalue weighted by Gasteiger charge is 2.39. The number of anilines is 1. The molecule has 0 unspecified atom stereocenters. The summed E-state index contributed by atoms with van der Waals surface area (Å²) >= 11 is 6.11. The van der Waals surface area contributed by atoms with Gasteiger partial charge >= 0.3 is 0 Å². The van der Waals surface area contributed by atoms with Gasteiger partial charge in [-0.3, -0.25) is 9.10 Å². The summed E-state index contributed by atoms with van der Waals surface area (Å²) in [4.78, 5) is 14.2. The number of carbonyl (C=O) groups excluding carboxylic acids is 1. The van der Waals surface area contributed by atoms with E-state index in [0.29, 0.717) is 17.1 Å². The number of nitrogens with zero attached hydrogens (tertiary/aromatic N) is 1. The molecular weight excluding hydrogens is 568 g/mol. The number of benzene rings is 4. The third-order valence-corrected chi connectivity index (χ3v) is 10.1. The highest BCUT2D eigenvalue weighted by molar-refractivity contribution is 7.92. The highest BCUT2D eigenvalue weighted by atomic mass is 35.5. The van der Waals surface area contributed by atoms with Gasteiger partial charge in [0.25, 0.3) is 15.9 Å². The lowest BCUT2D eigenvalue weighted by Crippen LogP contribution is -2.44. The molecule has 0 fully saturated rings. The summed E-state index contributed by atoms with van der Waals surface area (Å²) in [5.41, 5.74) is 2.75. The van der Waals surface area contributed by atoms with E-state index >= 15 is 0 Å². The van der Waals surface area contributed by atoms with E-state index in [1.165, 1.54) is 4.31 Å². The van der Waals surface area contributed by atoms with Crippen LogP contribution in [0.4, 0.5) is 5.69 Å². The number of halogens is 1. The van der Waals surface area contributed by atoms with Crippen molar-refractivity contribution in [2.45, 2.75) is 63.1 Å². The van der Waals surface area contributed by atoms with Gasteiger partial charge in [-0.1, -0.05) is 85.6 Å². The predicted molar refractivity (Wildman–Crippen MR) is 168 cm³/mol. The summed E-state index contributed by atoms with van der Waals surface area (Å²) in [6.45, 7) is 6.11. The van der Waals surface area contributed by atoms with Crippen molar-refractivity contribution in [3.63, 3.8) is 0 Å². The molecule has 1 atom stereocenters. The Morgan fingerprint density at radius 2 is 1.57 bits per heavy atom. The largest absolute Gasteiger partial charge is 0.487 e. The van der Waals surface area contributed by atoms with Gasteiger partial charge in [-0.2, -0.15) is 0 Å². The van der Waals surface area contributed by atoms with Crippen LogP contribution >= 0.6 is 11.6 Å². The topological polar surface area (TPSA) is 75.7 Å². The van der Waals surface area contributed by atoms with Crippen LogP contribution < -0.4 is 14.4 Å². The van der Waals surface area contributed by atoms with E-state index in [2.05, 4.69) is 19.2 Å². The summed E-state index contributed by atoms with van der Waals surface area (Å²) in [7, 11) is -4.04. The average Bonchev–Trinajstić information content (AvgIpc) is 3.00. The van der Waals surface area contributed by atoms with E-state index < -0.39 is 15.6 Å². The molecule has 0 aromatic heterocycles. The Morgan fingerprint density at radius 1 is 0.929 bits per heavy atom. The number of hydrogen-bond donors (Lipinski definition) is 1. The molecule has 218 valence electrons. The number of fused-ring (bicyclic) bond motifs is 1. The number of aryl methyl sites for hydroxylation is 1. The molecule has 0 saturated heterocycles. The van der Waals surface area contributed by atoms with E-state index in [1.54, 1.807) is 72.8 Å². The van der Waals surface area contributed by atoms with Crippen molar-refractivity contribution >= 4 is 33.2 Å². The first-order valence-corrected chi connectivity index (χ1v) is 16.0. The quantitative estimate of drug-likeness (QED) is 0.212. The first-order chi connectivity index (χ1) is 20.2. The third-order valence-electron chi connectivity index (χ3n) is 8.06. The maximum absolute atomic E-state index is 14.2. The zero-order valence-corrected chi connectivity index (χ0v) is 25.6. The minimum atomic E-state index is -4.04. The lowest BCUT2D eigenvalue weighted by molar-refractivity contribution is 0.0227. The van der Waals surface area contributed by atoms with E-state index in [0.717, 1.165) is 35.3 Å². The van der Waals surface area contributed by atoms with Crippen molar-refractivity contribution in [3.05, 3.63) is 124 Å². The van der Waals surface area contributed by atoms with Crippen LogP contribution in [0.5, 0.6) is 5.75 Å². The second-order valence-electron chi connectivity index (χ2n) is 10.7. The molecule has 42 heavy (non-hydrogen) atoms. The van der Waals surface area contributed by atoms with Crippen LogP contribution in [-0.4, -0.2) is 19.9 Å². The van der Waals surface area contributed by atoms with Gasteiger partial charge in [-0.05, 0) is 67.8 Å². The van der Waals surface area contributed by atoms with Crippen molar-refractivity contribution in [2.75, 3.05) is 4.31 Å². The standard InChI is InChI=1S/C34H35ClN2O4S/c1-4-34(5-2)22-30(28-10-7-9-13-32(28)41-34)36-33(38)29-11-6-8-12-31(29)37(23-25-16-18-26(35)19-17-25)42(39,40)27-20-14-24(3)15-21-27/h6-21,30H,4-5,22-23H2,1-3H3,(H,36,38)/t30-/m0/s1. The summed E-state index contributed by atoms with van der Waals surface area (Å²) in [6, 6.07) is 28.1. The molecule has 8 heteroatoms. The number of rotatable bonds is 9. The van der Waals surface area contributed by atoms with Crippen LogP contribution in [0.1, 0.15) is 66.2 Å². The summed E-state index contributed by atoms with van der Waals surface area (Å²) in [6.07, 6.45) is 2.20. The minimum Gasteiger partial charge on any atom is -0.487 e. The molecule has 1 heterocycles. The minimum absolute atomic E-state index is 0.0204. The molecule has 4 aromatic rings. The van der Waals surface area contributed by atoms with E-state index in [-0.39, 0.29) is 29.0 Å². The first-order valence-electron chi connectivity index (χ1n) is 14.2. The molecule has 0 radical (unpaired) electrons. The Hall–Kier alpha value is -3.81. The molecular formula is C34H35ClN2O4S. The van der Waals surface area contributed by atoms with Gasteiger partial charge in [-0.25, -0.2) is 8.42 Å². The Kier molecular flexibility index (Phi) is 8.62. The highest BCUT2D eigenvalue weighted by Crippen LogP contribution is 2.43. The average molecular weight is 603 g/mol. The molecule has 4 aromatic carbocycles. The van der Waals surface area contributed by atoms with Gasteiger partial charge in [-0.15, -0.1) is 0 Å². The van der Waals surface area contributed by atoms with Gasteiger partial charge in [0, 0.05) is 17.0 Å². The van der Waals surface area contributed by atoms with E-state index in [4.69, 9.17) is 16.3 Å². The second-order valence-corrected chi connectivity index (χ2v) is 13.0. The summed E-state index contributed by atoms with van der Waals surface area (Å²) in [5.74, 6) is 0.408. The molecule has 1 aliphatic rings. The van der Waals surface area contributed by atoms with Crippen LogP contribution in [0.3, 0.4) is 0 Å². The van der Waals surface area contributed by atoms with Crippen molar-refractivity contribution < 1.29 is 17.9 Å². The van der Waals surface area contributed by atoms with Crippen molar-refractivity contribution in [1.82, 2.24) is 5.32 Å². The molecule has 6 nitrogen and oxygen atoms in total. The maximum atomic E-state index is 14.2. The van der Waals surface area contributed by atoms with Crippen LogP contribution in [0.2, 0.25) is 5.02 Å². The SMILES string of the molecule is CCC1(CC)C[C@H](NC(=O)c2ccccc2N(Cc2ccc(Cl)cc2)S(=O)(=O)c2ccc(C)cc2)c2ccccc2O1. The molecule has 0 bridgehead atoms. The van der Waals surface area contributed by atoms with Gasteiger partial charge in [0.15, 0.2) is 0 Å². The number of nitrogens with one attached hydrogen (secondary N) is 1. The van der Waals surface area contributed by atoms with Crippen LogP contribution in [-0.2, 0) is 16.6 Å². The fourth-order valence-corrected chi connectivity index (χ4v) is 7.04. The molecule has 1 aliphatic heterocycles. The fourth-order valence-electron chi connectivity index (χ4n) is 5.44. The number of hydrogen-bond acceptors (Lipinski definition) is 4. The van der Waals surface area contributed by atoms with Crippen LogP contribution in [0, 0.1) is 6.92 Å². The van der Waals surface area contributed by atoms with Crippen molar-refractivity contribution in [1.29, 1.82) is 0 Å². The molecule has 0 spiro atoms. The number of para-hydroxylation sites is 2. The Morgan fingerprint density at radius 3 is 2.26 bits per heavy atom. The van der Waals surface area contributed by atoms with Gasteiger partial charge in [0.2, 0.25) is 0 Å². The lowest BCUT2D eigenvalue weighted by Gasteiger charge is -2.41. The van der Waals surface area contributed by atoms with Crippen LogP contribution in [0.15, 0.2) is 102 Å². The lowest BCUT2D eigenvalue weighted by atomic mass is 9.83. The zero-order chi connectivity index (χ0) is 29.9. The maximum Gasteiger partial charge on any atom is 0.264 e. The first kappa shape index (κ1) is 29.7. The number of carbonyl (C=O) groups is 1. The second kappa shape index (κ2) is 12.2. The van der Waals surface area contributed by atoms with Gasteiger partial charge in [0.05, 0.1) is 28.7 Å². The van der Waals surface area contributed by atoms with E-state index in [9.17, 15) is 13.2 Å². The van der Waals surface area contributed by atoms with Crippen molar-refractivity contribution in [2.24, 2.45) is 0 Å². The monoisotopic (exact) mass is 602 g/mol. The van der Waals surface area contributed by atoms with Gasteiger partial charge in [0.1, 0.15) is 11.4 Å². The van der Waals surface area contributed by atoms with Crippen molar-refractivity contribution in [3.8, 4) is 5.75 Å². The Balaban J connectivity index is 1.55. The molecule has 1 N–H and O–H groups in total. The Bertz CT molecular complexity index is 1670. The molecule has 5 rings (SSSR count). The normalized spacial score (nSPS) is 15.8. The molecule has 0 saturated carbocycles. The smallest absolute Gasteiger partial charge is 0.264 e. The summed E-state index contributed by atoms with van der Waals surface area (Å²) < 4.78 is 36.0. The third kappa shape index (κ3) is 6.03. The van der Waals surface area contributed by atoms with Crippen LogP contribution in [0.25, 0.3) is 0 Å². The number of ether oxygens (including phenoxy) is 1. The predicted octanol–water partition coefficient (Wildman–Crippen LogP) is 7.86. The molecule has 0 aliphatic carbocycles. The fraction of sp³-hybridized carbons (Fsp3) is 0.265. The number of amides is 1. The number of sulfonamides is 1. The Labute approximate surface area is 253 Å².